The van der Waals surface area contributed by atoms with Gasteiger partial charge in [-0.1, -0.05) is 57.6 Å². The van der Waals surface area contributed by atoms with Crippen molar-refractivity contribution in [2.24, 2.45) is 35.5 Å². The molecule has 6 aliphatic carbocycles. The minimum Gasteiger partial charge on any atom is -1.00 e. The Morgan fingerprint density at radius 3 is 1.29 bits per heavy atom. The Balaban J connectivity index is -0.000000896. The van der Waals surface area contributed by atoms with Crippen LogP contribution in [0.25, 0.3) is 0 Å². The number of fused-ring (bicyclic) bond motifs is 3. The number of halogens is 5. The molecule has 0 radical (unpaired) electrons. The van der Waals surface area contributed by atoms with Gasteiger partial charge in [-0.15, -0.1) is 0 Å². The summed E-state index contributed by atoms with van der Waals surface area (Å²) in [7, 11) is 3.15. The molecule has 2 aromatic carbocycles. The fourth-order valence-corrected chi connectivity index (χ4v) is 8.68. The van der Waals surface area contributed by atoms with Crippen molar-refractivity contribution in [1.82, 2.24) is 0 Å². The molecule has 0 saturated heterocycles. The predicted molar refractivity (Wildman–Crippen MR) is 226 cm³/mol. The first-order chi connectivity index (χ1) is 30.2. The van der Waals surface area contributed by atoms with Crippen LogP contribution in [0.5, 0.6) is 0 Å². The number of aliphatic hydroxyl groups is 2. The molecular weight excluding hydrogens is 1020 g/mol. The maximum Gasteiger partial charge on any atom is 1.00 e. The first kappa shape index (κ1) is 68.9. The van der Waals surface area contributed by atoms with Gasteiger partial charge in [0.15, 0.2) is 29.6 Å². The van der Waals surface area contributed by atoms with Crippen LogP contribution in [0.4, 0.5) is 13.2 Å². The Hall–Kier alpha value is -2.21. The minimum absolute atomic E-state index is 0. The topological polar surface area (TPSA) is 273 Å². The number of hydrogen-bond donors (Lipinski definition) is 2. The van der Waals surface area contributed by atoms with Crippen molar-refractivity contribution in [3.05, 3.63) is 69.7 Å². The van der Waals surface area contributed by atoms with Crippen molar-refractivity contribution in [3.8, 4) is 0 Å². The van der Waals surface area contributed by atoms with Crippen molar-refractivity contribution in [1.29, 1.82) is 0 Å². The van der Waals surface area contributed by atoms with E-state index in [4.69, 9.17) is 52.9 Å². The van der Waals surface area contributed by atoms with Crippen molar-refractivity contribution >= 4 is 76.9 Å². The van der Waals surface area contributed by atoms with Gasteiger partial charge in [-0.3, -0.25) is 19.2 Å². The zero-order valence-electron chi connectivity index (χ0n) is 37.0. The number of alkyl halides is 3. The van der Waals surface area contributed by atoms with Crippen molar-refractivity contribution in [2.45, 2.75) is 83.8 Å². The summed E-state index contributed by atoms with van der Waals surface area (Å²) in [5, 5.41) is 25.2. The summed E-state index contributed by atoms with van der Waals surface area (Å²) >= 11 is 11.6. The van der Waals surface area contributed by atoms with Gasteiger partial charge < -0.3 is 45.5 Å². The quantitative estimate of drug-likeness (QED) is 0.0676. The Bertz CT molecular complexity index is 2200. The normalized spacial score (nSPS) is 30.1. The summed E-state index contributed by atoms with van der Waals surface area (Å²) in [4.78, 5) is 104. The fourth-order valence-electron chi connectivity index (χ4n) is 8.30. The van der Waals surface area contributed by atoms with E-state index < -0.39 is 118 Å². The maximum absolute atomic E-state index is 14.5. The first-order valence-corrected chi connectivity index (χ1v) is 19.8. The zero-order chi connectivity index (χ0) is 48.1. The summed E-state index contributed by atoms with van der Waals surface area (Å²) in [6.07, 6.45) is -3.14. The number of esters is 5. The predicted octanol–water partition coefficient (Wildman–Crippen LogP) is -2.16. The largest absolute Gasteiger partial charge is 1.00 e. The number of aliphatic hydroxyl groups excluding tert-OH is 2. The number of carbonyl (C=O) groups is 9. The molecular formula is C44H53Cl2F3K2O18. The Morgan fingerprint density at radius 1 is 0.696 bits per heavy atom. The number of rotatable bonds is 9. The fraction of sp³-hybridized carbons (Fsp3) is 0.523. The zero-order valence-corrected chi connectivity index (χ0v) is 43.8. The van der Waals surface area contributed by atoms with E-state index in [1.807, 2.05) is 0 Å². The summed E-state index contributed by atoms with van der Waals surface area (Å²) < 4.78 is 65.9. The number of Topliss-reactive ketones (excluding diaryl/α,β-unsaturated/α-hetero) is 3. The van der Waals surface area contributed by atoms with Crippen molar-refractivity contribution < 1.29 is 205 Å². The molecule has 0 amide bonds. The Labute approximate surface area is 492 Å². The van der Waals surface area contributed by atoms with E-state index >= 15 is 0 Å². The molecule has 0 unspecified atom stereocenters. The number of ether oxygens (including phenoxy) is 5. The number of benzene rings is 2. The van der Waals surface area contributed by atoms with Gasteiger partial charge in [0.25, 0.3) is 6.47 Å². The first-order valence-electron chi connectivity index (χ1n) is 19.0. The summed E-state index contributed by atoms with van der Waals surface area (Å²) in [5.74, 6) is -11.5. The molecule has 0 spiro atoms. The number of carbonyl (C=O) groups excluding carboxylic acids is 9. The summed E-state index contributed by atoms with van der Waals surface area (Å²) in [5.41, 5.74) is -6.25. The molecule has 69 heavy (non-hydrogen) atoms. The third-order valence-electron chi connectivity index (χ3n) is 11.4. The maximum atomic E-state index is 14.5. The molecule has 0 bridgehead atoms. The van der Waals surface area contributed by atoms with Crippen LogP contribution in [0.1, 0.15) is 70.6 Å². The average molecular weight is 1080 g/mol. The van der Waals surface area contributed by atoms with E-state index in [0.29, 0.717) is 10.0 Å². The Morgan fingerprint density at radius 2 is 1.03 bits per heavy atom. The van der Waals surface area contributed by atoms with Crippen LogP contribution in [0.3, 0.4) is 0 Å². The van der Waals surface area contributed by atoms with Gasteiger partial charge in [0.2, 0.25) is 17.0 Å². The van der Waals surface area contributed by atoms with Crippen LogP contribution in [0.2, 0.25) is 10.0 Å². The van der Waals surface area contributed by atoms with Gasteiger partial charge in [-0.05, 0) is 62.6 Å². The van der Waals surface area contributed by atoms with Crippen molar-refractivity contribution in [2.75, 3.05) is 27.9 Å². The molecule has 6 fully saturated rings. The summed E-state index contributed by atoms with van der Waals surface area (Å²) in [6.45, 7) is 1.43. The van der Waals surface area contributed by atoms with Gasteiger partial charge in [-0.2, -0.15) is 0 Å². The monoisotopic (exact) mass is 1070 g/mol. The van der Waals surface area contributed by atoms with Gasteiger partial charge in [-0.25, -0.2) is 37.1 Å². The number of methoxy groups -OCH3 is 2. The Kier molecular flexibility index (Phi) is 28.8. The van der Waals surface area contributed by atoms with Crippen LogP contribution in [0.15, 0.2) is 48.5 Å². The minimum atomic E-state index is -2.26. The van der Waals surface area contributed by atoms with E-state index in [-0.39, 0.29) is 170 Å². The van der Waals surface area contributed by atoms with Crippen LogP contribution in [-0.4, -0.2) is 127 Å². The van der Waals surface area contributed by atoms with Crippen LogP contribution < -0.4 is 108 Å². The van der Waals surface area contributed by atoms with Crippen LogP contribution in [0, 0.1) is 35.5 Å². The van der Waals surface area contributed by atoms with Crippen LogP contribution in [-0.2, 0) is 62.1 Å². The smallest absolute Gasteiger partial charge is 1.00 e. The van der Waals surface area contributed by atoms with Gasteiger partial charge in [0.05, 0.1) is 49.7 Å². The molecule has 25 heteroatoms. The SMILES string of the molecule is C.C.C.CCOC(=O)[C@@]1(F)[C@@H]2C[C@@H](OC(=O)c3cccc(Cl)c3)C(=O)[C@@H]21.CO.COC(=O)[C@@]1(F)[C@@H]2C[C@@H](O)C(=O)[C@@H]21.COC(=O)[C@@]1(F)[C@@H]2C[C@@H](OC(=O)c3cccc(Cl)c3)C(=O)[C@@H]21.O=CO[O-].[H-].[K+].[K+]. The van der Waals surface area contributed by atoms with Gasteiger partial charge >= 0.3 is 133 Å². The third kappa shape index (κ3) is 14.1. The van der Waals surface area contributed by atoms with E-state index in [1.165, 1.54) is 24.3 Å². The second-order valence-corrected chi connectivity index (χ2v) is 15.6. The average Bonchev–Trinajstić information content (AvgIpc) is 4.09. The van der Waals surface area contributed by atoms with E-state index in [0.717, 1.165) is 21.3 Å². The van der Waals surface area contributed by atoms with E-state index in [9.17, 15) is 51.5 Å². The standard InChI is InChI=1S/C16H14ClFO5.C15H12ClFO5.C8H9FO4.CH2O3.CH4O.3CH4.2K.H/c1-2-22-15(21)16(18)10-7-11(13(19)12(10)16)23-14(20)8-4-3-5-9(17)6-8;1-21-14(20)15(17)9-6-10(12(18)11(9)15)22-13(19)7-3-2-4-8(16)5-7;1-13-7(12)8(9)3-2-4(10)6(11)5(3)8;2-1-4-3;1-2;;;;;;/h3-6,10-12H,2,7H2,1H3;2-5,9-11H,6H2,1H3;3-5,10H,2H2,1H3;1,3H;2H,1H3;3*1H4;;;/q;;;;;;;;2*+1;-1/p-1/t10-,11-,12-,16-;9-,10-,11-,15-;3-,4-,5-,8-;;;;;;;;/m111......../s1. The molecule has 374 valence electrons. The van der Waals surface area contributed by atoms with Gasteiger partial charge in [0.1, 0.15) is 6.10 Å². The second kappa shape index (κ2) is 28.9. The van der Waals surface area contributed by atoms with Gasteiger partial charge in [0, 0.05) is 34.9 Å². The van der Waals surface area contributed by atoms with E-state index in [2.05, 4.69) is 19.1 Å². The molecule has 18 nitrogen and oxygen atoms in total. The molecule has 2 aromatic rings. The molecule has 0 aromatic heterocycles. The molecule has 0 heterocycles. The second-order valence-electron chi connectivity index (χ2n) is 14.7. The van der Waals surface area contributed by atoms with Crippen LogP contribution >= 0.6 is 23.2 Å². The van der Waals surface area contributed by atoms with E-state index in [1.54, 1.807) is 31.2 Å². The molecule has 0 aliphatic heterocycles. The number of hydrogen-bond acceptors (Lipinski definition) is 18. The molecule has 8 rings (SSSR count). The summed E-state index contributed by atoms with van der Waals surface area (Å²) in [6, 6.07) is 12.2. The molecule has 12 atom stereocenters. The third-order valence-corrected chi connectivity index (χ3v) is 11.9. The molecule has 2 N–H and O–H groups in total. The molecule has 6 saturated carbocycles. The number of ketones is 3. The molecule has 6 aliphatic rings. The van der Waals surface area contributed by atoms with Crippen molar-refractivity contribution in [3.63, 3.8) is 0 Å².